The molecule has 0 aliphatic carbocycles. The van der Waals surface area contributed by atoms with E-state index in [2.05, 4.69) is 5.32 Å². The Morgan fingerprint density at radius 2 is 1.13 bits per heavy atom. The van der Waals surface area contributed by atoms with E-state index < -0.39 is 11.6 Å². The number of benzene rings is 4. The van der Waals surface area contributed by atoms with Gasteiger partial charge in [0.1, 0.15) is 11.4 Å². The van der Waals surface area contributed by atoms with E-state index in [1.165, 1.54) is 0 Å². The molecule has 0 bridgehead atoms. The Morgan fingerprint density at radius 1 is 0.667 bits per heavy atom. The Kier molecular flexibility index (Phi) is 5.82. The van der Waals surface area contributed by atoms with Gasteiger partial charge in [-0.3, -0.25) is 0 Å². The highest BCUT2D eigenvalue weighted by Gasteiger charge is 2.41. The first-order valence-electron chi connectivity index (χ1n) is 10.0. The summed E-state index contributed by atoms with van der Waals surface area (Å²) < 4.78 is 5.29. The molecule has 0 amide bonds. The van der Waals surface area contributed by atoms with Crippen LogP contribution >= 0.6 is 0 Å². The van der Waals surface area contributed by atoms with E-state index in [-0.39, 0.29) is 0 Å². The third-order valence-corrected chi connectivity index (χ3v) is 5.38. The Bertz CT molecular complexity index is 1010. The van der Waals surface area contributed by atoms with Gasteiger partial charge in [0.05, 0.1) is 13.2 Å². The van der Waals surface area contributed by atoms with Gasteiger partial charge in [-0.05, 0) is 41.0 Å². The zero-order valence-corrected chi connectivity index (χ0v) is 16.9. The molecule has 0 fully saturated rings. The molecular weight excluding hydrogens is 370 g/mol. The van der Waals surface area contributed by atoms with Crippen LogP contribution in [0, 0.1) is 0 Å². The van der Waals surface area contributed by atoms with Crippen molar-refractivity contribution in [1.29, 1.82) is 0 Å². The molecule has 0 saturated heterocycles. The Hall–Kier alpha value is -3.56. The van der Waals surface area contributed by atoms with Crippen LogP contribution < -0.4 is 10.1 Å². The summed E-state index contributed by atoms with van der Waals surface area (Å²) in [7, 11) is 1.65. The van der Waals surface area contributed by atoms with E-state index in [0.29, 0.717) is 0 Å². The maximum absolute atomic E-state index is 12.3. The number of rotatable bonds is 7. The van der Waals surface area contributed by atoms with E-state index in [0.717, 1.165) is 28.1 Å². The van der Waals surface area contributed by atoms with Crippen molar-refractivity contribution in [2.75, 3.05) is 12.4 Å². The first-order chi connectivity index (χ1) is 14.7. The summed E-state index contributed by atoms with van der Waals surface area (Å²) in [6.45, 7) is 0. The molecule has 0 heterocycles. The van der Waals surface area contributed by atoms with E-state index in [9.17, 15) is 5.11 Å². The minimum Gasteiger partial charge on any atom is -0.497 e. The molecule has 0 spiro atoms. The summed E-state index contributed by atoms with van der Waals surface area (Å²) in [5, 5.41) is 15.9. The van der Waals surface area contributed by atoms with Crippen molar-refractivity contribution in [3.05, 3.63) is 132 Å². The molecular formula is C27H25NO2. The van der Waals surface area contributed by atoms with Crippen molar-refractivity contribution in [3.63, 3.8) is 0 Å². The Morgan fingerprint density at radius 3 is 1.60 bits per heavy atom. The number of hydrogen-bond donors (Lipinski definition) is 2. The molecule has 0 aromatic heterocycles. The molecule has 30 heavy (non-hydrogen) atoms. The summed E-state index contributed by atoms with van der Waals surface area (Å²) in [6, 6.07) is 37.0. The summed E-state index contributed by atoms with van der Waals surface area (Å²) in [5.74, 6) is 0.790. The van der Waals surface area contributed by atoms with Crippen LogP contribution in [0.1, 0.15) is 22.7 Å². The fourth-order valence-corrected chi connectivity index (χ4v) is 3.81. The van der Waals surface area contributed by atoms with Gasteiger partial charge in [-0.25, -0.2) is 0 Å². The molecule has 0 saturated carbocycles. The molecule has 0 radical (unpaired) electrons. The average molecular weight is 396 g/mol. The first kappa shape index (κ1) is 19.7. The van der Waals surface area contributed by atoms with Gasteiger partial charge in [0, 0.05) is 5.69 Å². The molecule has 4 rings (SSSR count). The number of hydrogen-bond acceptors (Lipinski definition) is 3. The summed E-state index contributed by atoms with van der Waals surface area (Å²) in [5.41, 5.74) is 2.25. The SMILES string of the molecule is COc1ccc(NC(c2ccccc2)C(O)(c2ccccc2)c2ccccc2)cc1. The molecule has 3 heteroatoms. The lowest BCUT2D eigenvalue weighted by Gasteiger charge is -2.38. The third kappa shape index (κ3) is 3.93. The molecule has 1 unspecified atom stereocenters. The van der Waals surface area contributed by atoms with Gasteiger partial charge >= 0.3 is 0 Å². The largest absolute Gasteiger partial charge is 0.497 e. The maximum Gasteiger partial charge on any atom is 0.139 e. The molecule has 0 aliphatic rings. The molecule has 1 atom stereocenters. The zero-order valence-electron chi connectivity index (χ0n) is 16.9. The number of anilines is 1. The second-order valence-corrected chi connectivity index (χ2v) is 7.21. The number of methoxy groups -OCH3 is 1. The van der Waals surface area contributed by atoms with Gasteiger partial charge < -0.3 is 15.2 Å². The van der Waals surface area contributed by atoms with Gasteiger partial charge in [-0.15, -0.1) is 0 Å². The summed E-state index contributed by atoms with van der Waals surface area (Å²) in [6.07, 6.45) is 0. The van der Waals surface area contributed by atoms with Crippen LogP contribution in [-0.4, -0.2) is 12.2 Å². The van der Waals surface area contributed by atoms with Crippen molar-refractivity contribution in [2.45, 2.75) is 11.6 Å². The Labute approximate surface area is 177 Å². The fourth-order valence-electron chi connectivity index (χ4n) is 3.81. The highest BCUT2D eigenvalue weighted by molar-refractivity contribution is 5.52. The number of nitrogens with one attached hydrogen (secondary N) is 1. The average Bonchev–Trinajstić information content (AvgIpc) is 2.84. The fraction of sp³-hybridized carbons (Fsp3) is 0.111. The van der Waals surface area contributed by atoms with Gasteiger partial charge in [0.15, 0.2) is 0 Å². The smallest absolute Gasteiger partial charge is 0.139 e. The maximum atomic E-state index is 12.3. The lowest BCUT2D eigenvalue weighted by molar-refractivity contribution is 0.0585. The van der Waals surface area contributed by atoms with Crippen molar-refractivity contribution in [3.8, 4) is 5.75 Å². The minimum absolute atomic E-state index is 0.420. The van der Waals surface area contributed by atoms with Crippen molar-refractivity contribution in [2.24, 2.45) is 0 Å². The standard InChI is InChI=1S/C27H25NO2/c1-30-25-19-17-24(18-20-25)28-26(21-11-5-2-6-12-21)27(29,22-13-7-3-8-14-22)23-15-9-4-10-16-23/h2-20,26,28-29H,1H3. The number of ether oxygens (including phenoxy) is 1. The van der Waals surface area contributed by atoms with Crippen molar-refractivity contribution < 1.29 is 9.84 Å². The summed E-state index contributed by atoms with van der Waals surface area (Å²) in [4.78, 5) is 0. The van der Waals surface area contributed by atoms with E-state index in [1.54, 1.807) is 7.11 Å². The van der Waals surface area contributed by atoms with Crippen LogP contribution in [0.15, 0.2) is 115 Å². The second kappa shape index (κ2) is 8.85. The van der Waals surface area contributed by atoms with Crippen molar-refractivity contribution >= 4 is 5.69 Å². The summed E-state index contributed by atoms with van der Waals surface area (Å²) >= 11 is 0. The normalized spacial score (nSPS) is 12.2. The minimum atomic E-state index is -1.29. The topological polar surface area (TPSA) is 41.5 Å². The lowest BCUT2D eigenvalue weighted by Crippen LogP contribution is -2.39. The van der Waals surface area contributed by atoms with Crippen molar-refractivity contribution in [1.82, 2.24) is 0 Å². The highest BCUT2D eigenvalue weighted by Crippen LogP contribution is 2.43. The third-order valence-electron chi connectivity index (χ3n) is 5.38. The molecule has 2 N–H and O–H groups in total. The predicted molar refractivity (Wildman–Crippen MR) is 122 cm³/mol. The van der Waals surface area contributed by atoms with Gasteiger partial charge in [0.25, 0.3) is 0 Å². The monoisotopic (exact) mass is 395 g/mol. The lowest BCUT2D eigenvalue weighted by atomic mass is 9.77. The quantitative estimate of drug-likeness (QED) is 0.416. The van der Waals surface area contributed by atoms with E-state index in [4.69, 9.17) is 4.74 Å². The molecule has 150 valence electrons. The van der Waals surface area contributed by atoms with Gasteiger partial charge in [0.2, 0.25) is 0 Å². The van der Waals surface area contributed by atoms with Crippen LogP contribution in [0.4, 0.5) is 5.69 Å². The van der Waals surface area contributed by atoms with Crippen LogP contribution in [-0.2, 0) is 5.60 Å². The van der Waals surface area contributed by atoms with E-state index in [1.807, 2.05) is 115 Å². The first-order valence-corrected chi connectivity index (χ1v) is 10.0. The van der Waals surface area contributed by atoms with Gasteiger partial charge in [-0.1, -0.05) is 91.0 Å². The number of aliphatic hydroxyl groups is 1. The van der Waals surface area contributed by atoms with Gasteiger partial charge in [-0.2, -0.15) is 0 Å². The van der Waals surface area contributed by atoms with Crippen LogP contribution in [0.2, 0.25) is 0 Å². The molecule has 4 aromatic carbocycles. The predicted octanol–water partition coefficient (Wildman–Crippen LogP) is 5.78. The van der Waals surface area contributed by atoms with Crippen LogP contribution in [0.3, 0.4) is 0 Å². The van der Waals surface area contributed by atoms with Crippen LogP contribution in [0.25, 0.3) is 0 Å². The van der Waals surface area contributed by atoms with E-state index >= 15 is 0 Å². The molecule has 3 nitrogen and oxygen atoms in total. The molecule has 0 aliphatic heterocycles. The Balaban J connectivity index is 1.87. The van der Waals surface area contributed by atoms with Crippen LogP contribution in [0.5, 0.6) is 5.75 Å². The zero-order chi connectivity index (χ0) is 20.8. The molecule has 4 aromatic rings. The second-order valence-electron chi connectivity index (χ2n) is 7.21. The highest BCUT2D eigenvalue weighted by atomic mass is 16.5.